The zero-order chi connectivity index (χ0) is 34.6. The van der Waals surface area contributed by atoms with Crippen molar-refractivity contribution in [2.75, 3.05) is 6.61 Å². The molecule has 3 rings (SSSR count). The Hall–Kier alpha value is -3.35. The second-order valence-electron chi connectivity index (χ2n) is 13.7. The highest BCUT2D eigenvalue weighted by Gasteiger charge is 2.05. The molecular weight excluding hydrogens is 608 g/mol. The molecule has 0 atom stereocenters. The summed E-state index contributed by atoms with van der Waals surface area (Å²) in [5.74, 6) is 1.61. The number of hydrogen-bond acceptors (Lipinski definition) is 6. The van der Waals surface area contributed by atoms with E-state index in [1.165, 1.54) is 128 Å². The number of aryl methyl sites for hydroxylation is 1. The van der Waals surface area contributed by atoms with Gasteiger partial charge in [0, 0.05) is 24.4 Å². The van der Waals surface area contributed by atoms with Gasteiger partial charge in [0.05, 0.1) is 18.5 Å². The molecule has 1 aromatic heterocycles. The number of aliphatic imine (C=N–C) groups is 1. The topological polar surface area (TPSA) is 81.8 Å². The first kappa shape index (κ1) is 40.1. The normalized spacial score (nSPS) is 11.5. The molecule has 1 heterocycles. The van der Waals surface area contributed by atoms with E-state index >= 15 is 0 Å². The summed E-state index contributed by atoms with van der Waals surface area (Å²) >= 11 is 0. The van der Waals surface area contributed by atoms with Gasteiger partial charge in [-0.3, -0.25) is 9.67 Å². The molecule has 0 radical (unpaired) electrons. The highest BCUT2D eigenvalue weighted by atomic mass is 16.5. The number of aromatic hydroxyl groups is 1. The minimum atomic E-state index is 0.164. The van der Waals surface area contributed by atoms with Crippen LogP contribution in [-0.2, 0) is 13.2 Å². The molecule has 0 unspecified atom stereocenters. The highest BCUT2D eigenvalue weighted by molar-refractivity contribution is 5.85. The summed E-state index contributed by atoms with van der Waals surface area (Å²) in [6.45, 7) is 6.50. The summed E-state index contributed by atoms with van der Waals surface area (Å²) in [5.41, 5.74) is 2.25. The van der Waals surface area contributed by atoms with Gasteiger partial charge >= 0.3 is 0 Å². The van der Waals surface area contributed by atoms with Crippen molar-refractivity contribution >= 4 is 11.9 Å². The zero-order valence-corrected chi connectivity index (χ0v) is 30.9. The van der Waals surface area contributed by atoms with Gasteiger partial charge in [-0.05, 0) is 49.2 Å². The number of unbranched alkanes of at least 4 members (excludes halogenated alkanes) is 20. The average molecular weight is 675 g/mol. The van der Waals surface area contributed by atoms with Crippen LogP contribution in [0.2, 0.25) is 0 Å². The lowest BCUT2D eigenvalue weighted by molar-refractivity contribution is 0.301. The molecule has 0 saturated heterocycles. The Morgan fingerprint density at radius 3 is 1.73 bits per heavy atom. The predicted molar refractivity (Wildman–Crippen MR) is 205 cm³/mol. The van der Waals surface area contributed by atoms with Crippen LogP contribution in [-0.4, -0.2) is 32.9 Å². The van der Waals surface area contributed by atoms with Gasteiger partial charge in [-0.1, -0.05) is 147 Å². The van der Waals surface area contributed by atoms with Crippen molar-refractivity contribution in [1.29, 1.82) is 0 Å². The average Bonchev–Trinajstić information content (AvgIpc) is 3.58. The standard InChI is InChI=1S/C42H66N4O3/c1-3-5-7-9-11-13-14-15-16-17-18-20-22-24-32-48-41-28-25-37(42(47)33-41)34-43-38-26-29-40(30-27-38)49-36-39-35-46(45-44-39)31-23-21-19-12-10-8-6-4-2/h25-30,33-35,47H,3-24,31-32,36H2,1-2H3. The molecule has 0 aliphatic heterocycles. The first-order valence-corrected chi connectivity index (χ1v) is 19.8. The lowest BCUT2D eigenvalue weighted by atomic mass is 10.0. The predicted octanol–water partition coefficient (Wildman–Crippen LogP) is 12.3. The van der Waals surface area contributed by atoms with Crippen LogP contribution < -0.4 is 9.47 Å². The monoisotopic (exact) mass is 675 g/mol. The number of phenolic OH excluding ortho intramolecular Hbond substituents is 1. The molecular formula is C42H66N4O3. The lowest BCUT2D eigenvalue weighted by Crippen LogP contribution is -1.98. The fourth-order valence-corrected chi connectivity index (χ4v) is 6.06. The molecule has 3 aromatic rings. The molecule has 0 amide bonds. The number of nitrogens with zero attached hydrogens (tertiary/aromatic N) is 4. The SMILES string of the molecule is CCCCCCCCCCCCCCCCOc1ccc(C=Nc2ccc(OCc3cn(CCCCCCCCCC)nn3)cc2)c(O)c1. The van der Waals surface area contributed by atoms with Crippen LogP contribution in [0.3, 0.4) is 0 Å². The molecule has 1 N–H and O–H groups in total. The molecule has 7 heteroatoms. The van der Waals surface area contributed by atoms with Crippen molar-refractivity contribution < 1.29 is 14.6 Å². The van der Waals surface area contributed by atoms with Crippen molar-refractivity contribution in [3.63, 3.8) is 0 Å². The van der Waals surface area contributed by atoms with Gasteiger partial charge in [0.2, 0.25) is 0 Å². The molecule has 0 bridgehead atoms. The number of benzene rings is 2. The van der Waals surface area contributed by atoms with E-state index in [0.717, 1.165) is 36.5 Å². The Bertz CT molecular complexity index is 1260. The van der Waals surface area contributed by atoms with Crippen molar-refractivity contribution in [3.8, 4) is 17.2 Å². The van der Waals surface area contributed by atoms with Crippen molar-refractivity contribution in [3.05, 3.63) is 59.9 Å². The van der Waals surface area contributed by atoms with Crippen molar-refractivity contribution in [2.24, 2.45) is 4.99 Å². The Labute approximate surface area is 297 Å². The number of ether oxygens (including phenoxy) is 2. The molecule has 0 aliphatic carbocycles. The van der Waals surface area contributed by atoms with E-state index in [-0.39, 0.29) is 5.75 Å². The Kier molecular flexibility index (Phi) is 21.7. The van der Waals surface area contributed by atoms with Crippen LogP contribution in [0.15, 0.2) is 53.7 Å². The number of phenols is 1. The van der Waals surface area contributed by atoms with E-state index in [1.807, 2.05) is 47.3 Å². The third-order valence-corrected chi connectivity index (χ3v) is 9.17. The first-order valence-electron chi connectivity index (χ1n) is 19.8. The van der Waals surface area contributed by atoms with Crippen molar-refractivity contribution in [2.45, 2.75) is 168 Å². The second-order valence-corrected chi connectivity index (χ2v) is 13.7. The Morgan fingerprint density at radius 2 is 1.16 bits per heavy atom. The van der Waals surface area contributed by atoms with Crippen LogP contribution in [0.1, 0.15) is 166 Å². The fourth-order valence-electron chi connectivity index (χ4n) is 6.06. The molecule has 0 fully saturated rings. The number of aromatic nitrogens is 3. The van der Waals surface area contributed by atoms with E-state index in [9.17, 15) is 5.11 Å². The number of hydrogen-bond donors (Lipinski definition) is 1. The van der Waals surface area contributed by atoms with Gasteiger partial charge in [-0.15, -0.1) is 5.10 Å². The number of rotatable bonds is 30. The van der Waals surface area contributed by atoms with E-state index in [0.29, 0.717) is 24.5 Å². The van der Waals surface area contributed by atoms with Crippen molar-refractivity contribution in [1.82, 2.24) is 15.0 Å². The highest BCUT2D eigenvalue weighted by Crippen LogP contribution is 2.25. The maximum atomic E-state index is 10.5. The quantitative estimate of drug-likeness (QED) is 0.0562. The van der Waals surface area contributed by atoms with Crippen LogP contribution in [0.5, 0.6) is 17.2 Å². The van der Waals surface area contributed by atoms with E-state index < -0.39 is 0 Å². The summed E-state index contributed by atoms with van der Waals surface area (Å²) in [6, 6.07) is 13.0. The largest absolute Gasteiger partial charge is 0.507 e. The van der Waals surface area contributed by atoms with E-state index in [1.54, 1.807) is 12.3 Å². The molecule has 2 aromatic carbocycles. The fraction of sp³-hybridized carbons (Fsp3) is 0.643. The molecule has 49 heavy (non-hydrogen) atoms. The summed E-state index contributed by atoms with van der Waals surface area (Å²) in [7, 11) is 0. The molecule has 272 valence electrons. The minimum Gasteiger partial charge on any atom is -0.507 e. The van der Waals surface area contributed by atoms with Crippen LogP contribution in [0, 0.1) is 0 Å². The van der Waals surface area contributed by atoms with E-state index in [2.05, 4.69) is 29.2 Å². The lowest BCUT2D eigenvalue weighted by Gasteiger charge is -2.08. The van der Waals surface area contributed by atoms with Crippen LogP contribution in [0.25, 0.3) is 0 Å². The summed E-state index contributed by atoms with van der Waals surface area (Å²) in [4.78, 5) is 4.53. The second kappa shape index (κ2) is 26.5. The smallest absolute Gasteiger partial charge is 0.134 e. The summed E-state index contributed by atoms with van der Waals surface area (Å²) < 4.78 is 13.7. The maximum Gasteiger partial charge on any atom is 0.134 e. The summed E-state index contributed by atoms with van der Waals surface area (Å²) in [5, 5.41) is 19.0. The van der Waals surface area contributed by atoms with Gasteiger partial charge in [-0.2, -0.15) is 0 Å². The van der Waals surface area contributed by atoms with Gasteiger partial charge in [0.25, 0.3) is 0 Å². The van der Waals surface area contributed by atoms with Gasteiger partial charge in [0.1, 0.15) is 29.5 Å². The van der Waals surface area contributed by atoms with Gasteiger partial charge in [-0.25, -0.2) is 0 Å². The van der Waals surface area contributed by atoms with Gasteiger partial charge in [0.15, 0.2) is 0 Å². The summed E-state index contributed by atoms with van der Waals surface area (Å²) in [6.07, 6.45) is 32.8. The molecule has 7 nitrogen and oxygen atoms in total. The third-order valence-electron chi connectivity index (χ3n) is 9.17. The zero-order valence-electron chi connectivity index (χ0n) is 30.9. The van der Waals surface area contributed by atoms with E-state index in [4.69, 9.17) is 9.47 Å². The molecule has 0 saturated carbocycles. The van der Waals surface area contributed by atoms with Crippen LogP contribution >= 0.6 is 0 Å². The third kappa shape index (κ3) is 18.8. The molecule has 0 aliphatic rings. The molecule has 0 spiro atoms. The van der Waals surface area contributed by atoms with Gasteiger partial charge < -0.3 is 14.6 Å². The van der Waals surface area contributed by atoms with Crippen LogP contribution in [0.4, 0.5) is 5.69 Å². The minimum absolute atomic E-state index is 0.164. The Morgan fingerprint density at radius 1 is 0.633 bits per heavy atom. The maximum absolute atomic E-state index is 10.5. The Balaban J connectivity index is 1.23. The first-order chi connectivity index (χ1) is 24.2.